The van der Waals surface area contributed by atoms with Gasteiger partial charge in [-0.15, -0.1) is 12.4 Å². The monoisotopic (exact) mass is 284 g/mol. The van der Waals surface area contributed by atoms with Crippen LogP contribution in [-0.4, -0.2) is 18.1 Å². The lowest BCUT2D eigenvalue weighted by atomic mass is 10.1. The van der Waals surface area contributed by atoms with E-state index in [0.29, 0.717) is 5.56 Å². The first-order chi connectivity index (χ1) is 7.04. The Morgan fingerprint density at radius 2 is 2.19 bits per heavy atom. The Morgan fingerprint density at radius 1 is 1.56 bits per heavy atom. The molecule has 0 saturated carbocycles. The maximum Gasteiger partial charge on any atom is 0.307 e. The van der Waals surface area contributed by atoms with E-state index >= 15 is 0 Å². The molecule has 7 heteroatoms. The van der Waals surface area contributed by atoms with Crippen molar-refractivity contribution in [3.8, 4) is 0 Å². The Kier molecular flexibility index (Phi) is 6.67. The molecule has 0 fully saturated rings. The maximum absolute atomic E-state index is 11.0. The van der Waals surface area contributed by atoms with Gasteiger partial charge in [0.15, 0.2) is 0 Å². The van der Waals surface area contributed by atoms with Crippen LogP contribution >= 0.6 is 35.6 Å². The molecule has 1 aromatic rings. The molecule has 0 aromatic carbocycles. The second kappa shape index (κ2) is 6.91. The molecule has 0 spiro atoms. The first-order valence-corrected chi connectivity index (χ1v) is 4.94. The largest absolute Gasteiger partial charge is 0.469 e. The van der Waals surface area contributed by atoms with Crippen molar-refractivity contribution in [2.45, 2.75) is 12.5 Å². The molecule has 0 aliphatic rings. The second-order valence-corrected chi connectivity index (χ2v) is 3.65. The minimum absolute atomic E-state index is 0. The number of ether oxygens (including phenoxy) is 1. The number of halogens is 3. The third kappa shape index (κ3) is 4.14. The SMILES string of the molecule is COC(=O)C[C@@H](N)c1ccc(Cl)nc1Cl.Cl. The lowest BCUT2D eigenvalue weighted by Gasteiger charge is -2.11. The average molecular weight is 286 g/mol. The zero-order valence-electron chi connectivity index (χ0n) is 8.44. The Morgan fingerprint density at radius 3 is 2.69 bits per heavy atom. The third-order valence-corrected chi connectivity index (χ3v) is 2.37. The molecule has 1 aromatic heterocycles. The second-order valence-electron chi connectivity index (χ2n) is 2.90. The highest BCUT2D eigenvalue weighted by atomic mass is 35.5. The first-order valence-electron chi connectivity index (χ1n) is 4.19. The fraction of sp³-hybridized carbons (Fsp3) is 0.333. The van der Waals surface area contributed by atoms with Crippen molar-refractivity contribution < 1.29 is 9.53 Å². The van der Waals surface area contributed by atoms with Crippen LogP contribution in [0.3, 0.4) is 0 Å². The van der Waals surface area contributed by atoms with E-state index in [-0.39, 0.29) is 29.1 Å². The Hall–Kier alpha value is -0.550. The number of esters is 1. The van der Waals surface area contributed by atoms with E-state index in [1.807, 2.05) is 0 Å². The molecule has 0 amide bonds. The summed E-state index contributed by atoms with van der Waals surface area (Å²) in [6.07, 6.45) is 0.0551. The van der Waals surface area contributed by atoms with Gasteiger partial charge in [-0.3, -0.25) is 4.79 Å². The van der Waals surface area contributed by atoms with Crippen LogP contribution in [0.5, 0.6) is 0 Å². The van der Waals surface area contributed by atoms with E-state index in [2.05, 4.69) is 9.72 Å². The quantitative estimate of drug-likeness (QED) is 0.684. The predicted molar refractivity (Wildman–Crippen MR) is 65.1 cm³/mol. The van der Waals surface area contributed by atoms with Crippen LogP contribution in [-0.2, 0) is 9.53 Å². The molecule has 1 atom stereocenters. The summed E-state index contributed by atoms with van der Waals surface area (Å²) < 4.78 is 4.50. The molecule has 2 N–H and O–H groups in total. The van der Waals surface area contributed by atoms with E-state index < -0.39 is 12.0 Å². The summed E-state index contributed by atoms with van der Waals surface area (Å²) in [7, 11) is 1.30. The molecule has 0 aliphatic carbocycles. The number of nitrogens with two attached hydrogens (primary N) is 1. The number of carbonyl (C=O) groups is 1. The number of rotatable bonds is 3. The number of nitrogens with zero attached hydrogens (tertiary/aromatic N) is 1. The molecule has 1 rings (SSSR count). The molecule has 16 heavy (non-hydrogen) atoms. The van der Waals surface area contributed by atoms with Crippen LogP contribution in [0.2, 0.25) is 10.3 Å². The lowest BCUT2D eigenvalue weighted by molar-refractivity contribution is -0.141. The molecule has 4 nitrogen and oxygen atoms in total. The van der Waals surface area contributed by atoms with Gasteiger partial charge in [0.1, 0.15) is 10.3 Å². The molecule has 1 heterocycles. The number of carbonyl (C=O) groups excluding carboxylic acids is 1. The number of aromatic nitrogens is 1. The number of hydrogen-bond donors (Lipinski definition) is 1. The number of pyridine rings is 1. The van der Waals surface area contributed by atoms with Crippen molar-refractivity contribution in [1.82, 2.24) is 4.98 Å². The Balaban J connectivity index is 0.00000225. The maximum atomic E-state index is 11.0. The van der Waals surface area contributed by atoms with Crippen molar-refractivity contribution in [2.24, 2.45) is 5.73 Å². The first kappa shape index (κ1) is 15.4. The van der Waals surface area contributed by atoms with Crippen LogP contribution in [0, 0.1) is 0 Å². The topological polar surface area (TPSA) is 65.2 Å². The molecule has 0 aliphatic heterocycles. The molecule has 90 valence electrons. The van der Waals surface area contributed by atoms with Crippen LogP contribution in [0.15, 0.2) is 12.1 Å². The lowest BCUT2D eigenvalue weighted by Crippen LogP contribution is -2.17. The van der Waals surface area contributed by atoms with Crippen molar-refractivity contribution in [3.05, 3.63) is 28.0 Å². The standard InChI is InChI=1S/C9H10Cl2N2O2.ClH/c1-15-8(14)4-6(12)5-2-3-7(10)13-9(5)11;/h2-3,6H,4,12H2,1H3;1H/t6-;/m1./s1. The number of hydrogen-bond acceptors (Lipinski definition) is 4. The van der Waals surface area contributed by atoms with Gasteiger partial charge in [-0.05, 0) is 6.07 Å². The highest BCUT2D eigenvalue weighted by molar-refractivity contribution is 6.32. The van der Waals surface area contributed by atoms with E-state index in [0.717, 1.165) is 0 Å². The highest BCUT2D eigenvalue weighted by Crippen LogP contribution is 2.23. The van der Waals surface area contributed by atoms with Crippen LogP contribution in [0.25, 0.3) is 0 Å². The molecule has 0 saturated heterocycles. The van der Waals surface area contributed by atoms with Gasteiger partial charge < -0.3 is 10.5 Å². The predicted octanol–water partition coefficient (Wildman–Crippen LogP) is 2.37. The average Bonchev–Trinajstić information content (AvgIpc) is 2.17. The minimum atomic E-state index is -0.533. The summed E-state index contributed by atoms with van der Waals surface area (Å²) in [6.45, 7) is 0. The van der Waals surface area contributed by atoms with Gasteiger partial charge >= 0.3 is 5.97 Å². The fourth-order valence-corrected chi connectivity index (χ4v) is 1.56. The zero-order chi connectivity index (χ0) is 11.4. The van der Waals surface area contributed by atoms with Gasteiger partial charge in [0.2, 0.25) is 0 Å². The van der Waals surface area contributed by atoms with Crippen LogP contribution in [0.4, 0.5) is 0 Å². The molecule has 0 radical (unpaired) electrons. The van der Waals surface area contributed by atoms with Crippen LogP contribution < -0.4 is 5.73 Å². The zero-order valence-corrected chi connectivity index (χ0v) is 10.8. The van der Waals surface area contributed by atoms with Crippen molar-refractivity contribution in [1.29, 1.82) is 0 Å². The van der Waals surface area contributed by atoms with E-state index in [4.69, 9.17) is 28.9 Å². The van der Waals surface area contributed by atoms with Crippen LogP contribution in [0.1, 0.15) is 18.0 Å². The Bertz CT molecular complexity index is 374. The molecule has 0 bridgehead atoms. The smallest absolute Gasteiger partial charge is 0.307 e. The summed E-state index contributed by atoms with van der Waals surface area (Å²) in [5.41, 5.74) is 6.33. The normalized spacial score (nSPS) is 11.5. The molecular weight excluding hydrogens is 274 g/mol. The summed E-state index contributed by atoms with van der Waals surface area (Å²) in [4.78, 5) is 14.8. The fourth-order valence-electron chi connectivity index (χ4n) is 1.07. The van der Waals surface area contributed by atoms with Crippen molar-refractivity contribution in [2.75, 3.05) is 7.11 Å². The summed E-state index contributed by atoms with van der Waals surface area (Å²) in [6, 6.07) is 2.68. The van der Waals surface area contributed by atoms with E-state index in [1.165, 1.54) is 7.11 Å². The van der Waals surface area contributed by atoms with Crippen molar-refractivity contribution in [3.63, 3.8) is 0 Å². The summed E-state index contributed by atoms with van der Waals surface area (Å²) in [5.74, 6) is -0.395. The van der Waals surface area contributed by atoms with Gasteiger partial charge in [-0.25, -0.2) is 4.98 Å². The highest BCUT2D eigenvalue weighted by Gasteiger charge is 2.15. The summed E-state index contributed by atoms with van der Waals surface area (Å²) in [5, 5.41) is 0.493. The summed E-state index contributed by atoms with van der Waals surface area (Å²) >= 11 is 11.5. The minimum Gasteiger partial charge on any atom is -0.469 e. The van der Waals surface area contributed by atoms with Gasteiger partial charge in [0, 0.05) is 11.6 Å². The third-order valence-electron chi connectivity index (χ3n) is 1.86. The van der Waals surface area contributed by atoms with Gasteiger partial charge in [0.25, 0.3) is 0 Å². The molecular formula is C9H11Cl3N2O2. The van der Waals surface area contributed by atoms with E-state index in [1.54, 1.807) is 12.1 Å². The van der Waals surface area contributed by atoms with Gasteiger partial charge in [-0.2, -0.15) is 0 Å². The Labute approximate surface area is 109 Å². The van der Waals surface area contributed by atoms with Gasteiger partial charge in [0.05, 0.1) is 13.5 Å². The number of methoxy groups -OCH3 is 1. The molecule has 0 unspecified atom stereocenters. The van der Waals surface area contributed by atoms with Gasteiger partial charge in [-0.1, -0.05) is 29.3 Å². The van der Waals surface area contributed by atoms with Crippen molar-refractivity contribution >= 4 is 41.6 Å². The van der Waals surface area contributed by atoms with E-state index in [9.17, 15) is 4.79 Å².